The fraction of sp³-hybridized carbons (Fsp3) is 0.640. The Morgan fingerprint density at radius 2 is 0.466 bits per heavy atom. The molecule has 0 spiro atoms. The summed E-state index contributed by atoms with van der Waals surface area (Å²) in [4.78, 5) is 0. The average Bonchev–Trinajstić information content (AvgIpc) is 3.24. The molecule has 58 heavy (non-hydrogen) atoms. The van der Waals surface area contributed by atoms with Gasteiger partial charge in [-0.1, -0.05) is 91.9 Å². The molecular weight excluding hydrogens is 729 g/mol. The van der Waals surface area contributed by atoms with Gasteiger partial charge in [0.25, 0.3) is 0 Å². The Bertz CT molecular complexity index is 1610. The molecule has 0 unspecified atom stereocenters. The molecule has 8 heteroatoms. The molecule has 0 radical (unpaired) electrons. The van der Waals surface area contributed by atoms with Crippen LogP contribution in [0.4, 0.5) is 0 Å². The number of aliphatic hydroxyl groups is 2. The summed E-state index contributed by atoms with van der Waals surface area (Å²) < 4.78 is 39.3. The highest BCUT2D eigenvalue weighted by Gasteiger charge is 2.20. The molecule has 0 amide bonds. The monoisotopic (exact) mass is 805 g/mol. The SMILES string of the molecule is CCCCCOc1cc2c(cc1OCCCCC)c1cc(OCCCCC)c(OCCCCCCO)cc1c1cc(OCCCCCCO)c(OCCCCC)cc21. The molecule has 8 nitrogen and oxygen atoms in total. The Labute approximate surface area is 349 Å². The largest absolute Gasteiger partial charge is 0.490 e. The zero-order valence-electron chi connectivity index (χ0n) is 36.6. The van der Waals surface area contributed by atoms with Crippen LogP contribution in [0, 0.1) is 0 Å². The summed E-state index contributed by atoms with van der Waals surface area (Å²) >= 11 is 0. The zero-order valence-corrected chi connectivity index (χ0v) is 36.6. The fourth-order valence-electron chi connectivity index (χ4n) is 7.33. The van der Waals surface area contributed by atoms with Crippen LogP contribution in [-0.4, -0.2) is 63.1 Å². The van der Waals surface area contributed by atoms with Crippen molar-refractivity contribution in [2.24, 2.45) is 0 Å². The van der Waals surface area contributed by atoms with Gasteiger partial charge in [-0.3, -0.25) is 0 Å². The number of hydrogen-bond acceptors (Lipinski definition) is 8. The minimum absolute atomic E-state index is 0.223. The van der Waals surface area contributed by atoms with E-state index < -0.39 is 0 Å². The van der Waals surface area contributed by atoms with Crippen molar-refractivity contribution in [2.75, 3.05) is 52.9 Å². The quantitative estimate of drug-likeness (QED) is 0.0356. The first-order valence-electron chi connectivity index (χ1n) is 23.1. The minimum Gasteiger partial charge on any atom is -0.490 e. The van der Waals surface area contributed by atoms with Crippen molar-refractivity contribution in [3.8, 4) is 34.5 Å². The molecular formula is C50H76O8. The van der Waals surface area contributed by atoms with Crippen LogP contribution >= 0.6 is 0 Å². The molecule has 0 saturated heterocycles. The lowest BCUT2D eigenvalue weighted by Gasteiger charge is -2.21. The molecule has 0 aromatic heterocycles. The molecule has 324 valence electrons. The van der Waals surface area contributed by atoms with E-state index in [-0.39, 0.29) is 13.2 Å². The van der Waals surface area contributed by atoms with Gasteiger partial charge in [0, 0.05) is 13.2 Å². The predicted molar refractivity (Wildman–Crippen MR) is 241 cm³/mol. The van der Waals surface area contributed by atoms with E-state index in [1.165, 1.54) is 0 Å². The highest BCUT2D eigenvalue weighted by Crippen LogP contribution is 2.47. The van der Waals surface area contributed by atoms with E-state index in [9.17, 15) is 10.2 Å². The first-order chi connectivity index (χ1) is 28.6. The lowest BCUT2D eigenvalue weighted by Crippen LogP contribution is -2.05. The maximum atomic E-state index is 9.28. The number of aliphatic hydroxyl groups excluding tert-OH is 2. The Morgan fingerprint density at radius 3 is 0.655 bits per heavy atom. The summed E-state index contributed by atoms with van der Waals surface area (Å²) in [7, 11) is 0. The van der Waals surface area contributed by atoms with Gasteiger partial charge in [0.1, 0.15) is 0 Å². The number of rotatable bonds is 34. The van der Waals surface area contributed by atoms with Gasteiger partial charge in [-0.05, 0) is 133 Å². The summed E-state index contributed by atoms with van der Waals surface area (Å²) in [5, 5.41) is 24.9. The molecule has 0 heterocycles. The maximum Gasteiger partial charge on any atom is 0.161 e. The van der Waals surface area contributed by atoms with Crippen LogP contribution in [0.2, 0.25) is 0 Å². The van der Waals surface area contributed by atoms with Crippen LogP contribution in [0.25, 0.3) is 32.3 Å². The molecule has 0 aliphatic rings. The van der Waals surface area contributed by atoms with Gasteiger partial charge in [0.05, 0.1) is 39.6 Å². The average molecular weight is 805 g/mol. The molecule has 4 rings (SSSR count). The highest BCUT2D eigenvalue weighted by atomic mass is 16.5. The Balaban J connectivity index is 1.95. The third kappa shape index (κ3) is 14.9. The maximum absolute atomic E-state index is 9.28. The molecule has 0 aliphatic heterocycles. The predicted octanol–water partition coefficient (Wildman–Crippen LogP) is 13.3. The smallest absolute Gasteiger partial charge is 0.161 e. The number of unbranched alkanes of at least 4 members (excludes halogenated alkanes) is 14. The van der Waals surface area contributed by atoms with E-state index in [4.69, 9.17) is 28.4 Å². The molecule has 0 aliphatic carbocycles. The summed E-state index contributed by atoms with van der Waals surface area (Å²) in [5.74, 6) is 4.52. The van der Waals surface area contributed by atoms with Gasteiger partial charge in [0.15, 0.2) is 34.5 Å². The van der Waals surface area contributed by atoms with Crippen molar-refractivity contribution in [2.45, 2.75) is 156 Å². The second-order valence-corrected chi connectivity index (χ2v) is 15.7. The van der Waals surface area contributed by atoms with Crippen LogP contribution in [0.15, 0.2) is 36.4 Å². The van der Waals surface area contributed by atoms with Gasteiger partial charge in [-0.15, -0.1) is 0 Å². The third-order valence-corrected chi connectivity index (χ3v) is 10.8. The van der Waals surface area contributed by atoms with Crippen LogP contribution in [-0.2, 0) is 0 Å². The van der Waals surface area contributed by atoms with Gasteiger partial charge in [0.2, 0.25) is 0 Å². The van der Waals surface area contributed by atoms with Crippen molar-refractivity contribution >= 4 is 32.3 Å². The normalized spacial score (nSPS) is 11.5. The second-order valence-electron chi connectivity index (χ2n) is 15.7. The second kappa shape index (κ2) is 28.0. The van der Waals surface area contributed by atoms with Gasteiger partial charge < -0.3 is 38.6 Å². The fourth-order valence-corrected chi connectivity index (χ4v) is 7.33. The third-order valence-electron chi connectivity index (χ3n) is 10.8. The van der Waals surface area contributed by atoms with Crippen LogP contribution in [0.3, 0.4) is 0 Å². The minimum atomic E-state index is 0.223. The summed E-state index contributed by atoms with van der Waals surface area (Å²) in [6.45, 7) is 12.9. The van der Waals surface area contributed by atoms with Gasteiger partial charge >= 0.3 is 0 Å². The van der Waals surface area contributed by atoms with E-state index in [1.807, 2.05) is 0 Å². The van der Waals surface area contributed by atoms with Gasteiger partial charge in [-0.2, -0.15) is 0 Å². The van der Waals surface area contributed by atoms with E-state index >= 15 is 0 Å². The van der Waals surface area contributed by atoms with Crippen molar-refractivity contribution in [3.05, 3.63) is 36.4 Å². The summed E-state index contributed by atoms with van der Waals surface area (Å²) in [6.07, 6.45) is 20.3. The topological polar surface area (TPSA) is 95.8 Å². The molecule has 0 saturated carbocycles. The van der Waals surface area contributed by atoms with Crippen molar-refractivity contribution in [1.29, 1.82) is 0 Å². The highest BCUT2D eigenvalue weighted by molar-refractivity contribution is 6.26. The van der Waals surface area contributed by atoms with Crippen LogP contribution in [0.1, 0.15) is 156 Å². The van der Waals surface area contributed by atoms with Crippen LogP contribution in [0.5, 0.6) is 34.5 Å². The van der Waals surface area contributed by atoms with Crippen molar-refractivity contribution in [3.63, 3.8) is 0 Å². The molecule has 0 fully saturated rings. The first kappa shape index (κ1) is 47.1. The summed E-state index contributed by atoms with van der Waals surface area (Å²) in [5.41, 5.74) is 0. The standard InChI is InChI=1S/C50H76O8/c1-5-9-19-27-53-45-33-39-40(34-46(45)54-28-20-10-6-2)42-36-48(56-30-22-12-8-4)50(58-32-24-16-14-18-26-52)38-44(42)43-37-49(57-31-23-15-13-17-25-51)47(35-41(39)43)55-29-21-11-7-3/h33-38,51-52H,5-32H2,1-4H3. The number of ether oxygens (including phenoxy) is 6. The number of benzene rings is 4. The lowest BCUT2D eigenvalue weighted by atomic mass is 9.93. The molecule has 2 N–H and O–H groups in total. The van der Waals surface area contributed by atoms with Crippen LogP contribution < -0.4 is 28.4 Å². The summed E-state index contributed by atoms with van der Waals surface area (Å²) in [6, 6.07) is 13.0. The molecule has 4 aromatic rings. The van der Waals surface area contributed by atoms with E-state index in [1.54, 1.807) is 0 Å². The van der Waals surface area contributed by atoms with Crippen molar-refractivity contribution in [1.82, 2.24) is 0 Å². The number of hydrogen-bond donors (Lipinski definition) is 2. The molecule has 0 bridgehead atoms. The number of fused-ring (bicyclic) bond motifs is 6. The Hall–Kier alpha value is -3.62. The van der Waals surface area contributed by atoms with E-state index in [0.717, 1.165) is 195 Å². The molecule has 4 aromatic carbocycles. The first-order valence-corrected chi connectivity index (χ1v) is 23.1. The Morgan fingerprint density at radius 1 is 0.276 bits per heavy atom. The molecule has 0 atom stereocenters. The van der Waals surface area contributed by atoms with Gasteiger partial charge in [-0.25, -0.2) is 0 Å². The van der Waals surface area contributed by atoms with E-state index in [0.29, 0.717) is 39.6 Å². The van der Waals surface area contributed by atoms with Crippen molar-refractivity contribution < 1.29 is 38.6 Å². The zero-order chi connectivity index (χ0) is 41.2. The lowest BCUT2D eigenvalue weighted by molar-refractivity contribution is 0.255. The Kier molecular flexibility index (Phi) is 22.7. The van der Waals surface area contributed by atoms with E-state index in [2.05, 4.69) is 64.1 Å².